The molecule has 1 amide bonds. The van der Waals surface area contributed by atoms with Gasteiger partial charge in [0.15, 0.2) is 0 Å². The zero-order valence-electron chi connectivity index (χ0n) is 14.0. The molecule has 2 heterocycles. The molecular weight excluding hydrogens is 344 g/mol. The molecule has 128 valence electrons. The molecule has 3 rings (SSSR count). The van der Waals surface area contributed by atoms with E-state index < -0.39 is 5.97 Å². The van der Waals surface area contributed by atoms with Crippen LogP contribution in [-0.4, -0.2) is 16.9 Å². The number of thiazole rings is 1. The van der Waals surface area contributed by atoms with E-state index in [4.69, 9.17) is 4.74 Å². The van der Waals surface area contributed by atoms with Crippen LogP contribution in [0.4, 0.5) is 5.00 Å². The number of amides is 1. The average molecular weight is 364 g/mol. The molecule has 24 heavy (non-hydrogen) atoms. The Morgan fingerprint density at radius 3 is 2.75 bits per heavy atom. The molecule has 1 N–H and O–H groups in total. The van der Waals surface area contributed by atoms with Gasteiger partial charge in [0.1, 0.15) is 11.6 Å². The fourth-order valence-corrected chi connectivity index (χ4v) is 4.09. The van der Waals surface area contributed by atoms with Crippen molar-refractivity contribution in [2.45, 2.75) is 46.6 Å². The van der Waals surface area contributed by atoms with Crippen LogP contribution in [0.5, 0.6) is 0 Å². The van der Waals surface area contributed by atoms with Crippen molar-refractivity contribution in [3.8, 4) is 0 Å². The van der Waals surface area contributed by atoms with E-state index in [1.807, 2.05) is 26.2 Å². The van der Waals surface area contributed by atoms with Crippen molar-refractivity contribution < 1.29 is 14.3 Å². The fraction of sp³-hybridized carbons (Fsp3) is 0.471. The van der Waals surface area contributed by atoms with Crippen molar-refractivity contribution in [3.05, 3.63) is 32.1 Å². The zero-order chi connectivity index (χ0) is 17.3. The van der Waals surface area contributed by atoms with Crippen molar-refractivity contribution in [3.63, 3.8) is 0 Å². The molecule has 1 saturated carbocycles. The van der Waals surface area contributed by atoms with Crippen molar-refractivity contribution in [2.75, 3.05) is 5.32 Å². The number of carbonyl (C=O) groups excluding carboxylic acids is 2. The maximum absolute atomic E-state index is 12.5. The topological polar surface area (TPSA) is 68.3 Å². The lowest BCUT2D eigenvalue weighted by Gasteiger charge is -2.07. The molecule has 0 saturated heterocycles. The normalized spacial score (nSPS) is 13.8. The smallest absolute Gasteiger partial charge is 0.341 e. The van der Waals surface area contributed by atoms with Gasteiger partial charge in [0.25, 0.3) is 0 Å². The van der Waals surface area contributed by atoms with Gasteiger partial charge in [0, 0.05) is 16.2 Å². The van der Waals surface area contributed by atoms with Gasteiger partial charge in [0.2, 0.25) is 5.91 Å². The van der Waals surface area contributed by atoms with E-state index in [9.17, 15) is 9.59 Å². The van der Waals surface area contributed by atoms with Crippen LogP contribution >= 0.6 is 22.7 Å². The van der Waals surface area contributed by atoms with E-state index in [0.29, 0.717) is 10.6 Å². The van der Waals surface area contributed by atoms with Crippen LogP contribution in [-0.2, 0) is 22.6 Å². The molecular formula is C17H20N2O3S2. The molecule has 7 heteroatoms. The molecule has 2 aromatic heterocycles. The van der Waals surface area contributed by atoms with Crippen LogP contribution < -0.4 is 5.32 Å². The SMILES string of the molecule is CCc1nc(COC(=O)c2c(NC(=O)C3CC3)sc(C)c2C)cs1. The standard InChI is InChI=1S/C17H20N2O3S2/c1-4-13-18-12(8-23-13)7-22-17(21)14-9(2)10(3)24-16(14)19-15(20)11-5-6-11/h8,11H,4-7H2,1-3H3,(H,19,20). The Morgan fingerprint density at radius 1 is 1.38 bits per heavy atom. The molecule has 2 aromatic rings. The predicted octanol–water partition coefficient (Wildman–Crippen LogP) is 4.09. The molecule has 0 atom stereocenters. The van der Waals surface area contributed by atoms with E-state index in [2.05, 4.69) is 10.3 Å². The van der Waals surface area contributed by atoms with Crippen molar-refractivity contribution >= 4 is 39.6 Å². The molecule has 0 bridgehead atoms. The summed E-state index contributed by atoms with van der Waals surface area (Å²) in [6.45, 7) is 6.02. The number of aromatic nitrogens is 1. The summed E-state index contributed by atoms with van der Waals surface area (Å²) in [4.78, 5) is 30.0. The second-order valence-corrected chi connectivity index (χ2v) is 8.08. The second-order valence-electron chi connectivity index (χ2n) is 5.91. The lowest BCUT2D eigenvalue weighted by molar-refractivity contribution is -0.117. The Morgan fingerprint density at radius 2 is 2.12 bits per heavy atom. The van der Waals surface area contributed by atoms with Gasteiger partial charge in [0.05, 0.1) is 16.3 Å². The molecule has 0 unspecified atom stereocenters. The summed E-state index contributed by atoms with van der Waals surface area (Å²) in [5.41, 5.74) is 2.10. The van der Waals surface area contributed by atoms with Gasteiger partial charge in [-0.15, -0.1) is 22.7 Å². The van der Waals surface area contributed by atoms with Crippen LogP contribution in [0.25, 0.3) is 0 Å². The highest BCUT2D eigenvalue weighted by Gasteiger charge is 2.31. The predicted molar refractivity (Wildman–Crippen MR) is 95.8 cm³/mol. The third-order valence-corrected chi connectivity index (χ3v) is 6.19. The summed E-state index contributed by atoms with van der Waals surface area (Å²) in [6.07, 6.45) is 2.73. The summed E-state index contributed by atoms with van der Waals surface area (Å²) in [5, 5.41) is 6.43. The number of carbonyl (C=O) groups is 2. The Bertz CT molecular complexity index is 775. The van der Waals surface area contributed by atoms with E-state index in [1.54, 1.807) is 11.3 Å². The van der Waals surface area contributed by atoms with Gasteiger partial charge in [-0.05, 0) is 38.7 Å². The number of hydrogen-bond donors (Lipinski definition) is 1. The van der Waals surface area contributed by atoms with Crippen molar-refractivity contribution in [2.24, 2.45) is 5.92 Å². The first kappa shape index (κ1) is 17.1. The molecule has 0 aromatic carbocycles. The minimum Gasteiger partial charge on any atom is -0.455 e. The maximum Gasteiger partial charge on any atom is 0.341 e. The lowest BCUT2D eigenvalue weighted by atomic mass is 10.1. The summed E-state index contributed by atoms with van der Waals surface area (Å²) < 4.78 is 5.43. The number of esters is 1. The molecule has 0 aliphatic heterocycles. The Kier molecular flexibility index (Phi) is 5.01. The number of aryl methyl sites for hydroxylation is 2. The van der Waals surface area contributed by atoms with Gasteiger partial charge in [-0.2, -0.15) is 0 Å². The summed E-state index contributed by atoms with van der Waals surface area (Å²) in [5.74, 6) is -0.314. The van der Waals surface area contributed by atoms with Gasteiger partial charge in [-0.25, -0.2) is 9.78 Å². The van der Waals surface area contributed by atoms with Gasteiger partial charge in [-0.1, -0.05) is 6.92 Å². The summed E-state index contributed by atoms with van der Waals surface area (Å²) >= 11 is 2.99. The first-order chi connectivity index (χ1) is 11.5. The number of rotatable bonds is 6. The summed E-state index contributed by atoms with van der Waals surface area (Å²) in [6, 6.07) is 0. The van der Waals surface area contributed by atoms with Gasteiger partial charge < -0.3 is 10.1 Å². The Labute approximate surface area is 149 Å². The van der Waals surface area contributed by atoms with Crippen LogP contribution in [0.3, 0.4) is 0 Å². The number of anilines is 1. The van der Waals surface area contributed by atoms with Crippen LogP contribution in [0.2, 0.25) is 0 Å². The summed E-state index contributed by atoms with van der Waals surface area (Å²) in [7, 11) is 0. The van der Waals surface area contributed by atoms with Crippen LogP contribution in [0.1, 0.15) is 51.3 Å². The van der Waals surface area contributed by atoms with Gasteiger partial charge >= 0.3 is 5.97 Å². The third-order valence-electron chi connectivity index (χ3n) is 4.03. The average Bonchev–Trinajstić information content (AvgIpc) is 3.25. The number of thiophene rings is 1. The number of nitrogens with zero attached hydrogens (tertiary/aromatic N) is 1. The first-order valence-corrected chi connectivity index (χ1v) is 9.70. The quantitative estimate of drug-likeness (QED) is 0.784. The molecule has 5 nitrogen and oxygen atoms in total. The molecule has 0 spiro atoms. The largest absolute Gasteiger partial charge is 0.455 e. The van der Waals surface area contributed by atoms with E-state index >= 15 is 0 Å². The van der Waals surface area contributed by atoms with E-state index in [-0.39, 0.29) is 18.4 Å². The second kappa shape index (κ2) is 7.03. The van der Waals surface area contributed by atoms with Crippen molar-refractivity contribution in [1.29, 1.82) is 0 Å². The van der Waals surface area contributed by atoms with Crippen molar-refractivity contribution in [1.82, 2.24) is 4.98 Å². The number of nitrogens with one attached hydrogen (secondary N) is 1. The highest BCUT2D eigenvalue weighted by atomic mass is 32.1. The molecule has 0 radical (unpaired) electrons. The first-order valence-electron chi connectivity index (χ1n) is 8.00. The minimum absolute atomic E-state index is 0.00242. The molecule has 1 aliphatic rings. The maximum atomic E-state index is 12.5. The Hall–Kier alpha value is -1.73. The number of hydrogen-bond acceptors (Lipinski definition) is 6. The monoisotopic (exact) mass is 364 g/mol. The van der Waals surface area contributed by atoms with E-state index in [0.717, 1.165) is 40.4 Å². The van der Waals surface area contributed by atoms with Crippen LogP contribution in [0.15, 0.2) is 5.38 Å². The van der Waals surface area contributed by atoms with Gasteiger partial charge in [-0.3, -0.25) is 4.79 Å². The minimum atomic E-state index is -0.408. The lowest BCUT2D eigenvalue weighted by Crippen LogP contribution is -2.16. The van der Waals surface area contributed by atoms with E-state index in [1.165, 1.54) is 11.3 Å². The zero-order valence-corrected chi connectivity index (χ0v) is 15.6. The fourth-order valence-electron chi connectivity index (χ4n) is 2.31. The highest BCUT2D eigenvalue weighted by Crippen LogP contribution is 2.36. The number of ether oxygens (including phenoxy) is 1. The Balaban J connectivity index is 1.71. The third kappa shape index (κ3) is 3.67. The molecule has 1 fully saturated rings. The highest BCUT2D eigenvalue weighted by molar-refractivity contribution is 7.16. The molecule has 1 aliphatic carbocycles. The van der Waals surface area contributed by atoms with Crippen LogP contribution in [0, 0.1) is 19.8 Å².